The molecule has 2 aromatic carbocycles. The number of carbonyl (C=O) groups excluding carboxylic acids is 1. The van der Waals surface area contributed by atoms with Gasteiger partial charge in [-0.2, -0.15) is 0 Å². The summed E-state index contributed by atoms with van der Waals surface area (Å²) < 4.78 is 52.5. The van der Waals surface area contributed by atoms with Gasteiger partial charge < -0.3 is 19.1 Å². The van der Waals surface area contributed by atoms with Crippen LogP contribution in [0.25, 0.3) is 0 Å². The zero-order valence-electron chi connectivity index (χ0n) is 14.7. The molecule has 0 radical (unpaired) electrons. The van der Waals surface area contributed by atoms with Crippen LogP contribution < -0.4 is 14.2 Å². The van der Waals surface area contributed by atoms with Gasteiger partial charge in [0.25, 0.3) is 0 Å². The van der Waals surface area contributed by atoms with Crippen molar-refractivity contribution < 1.29 is 32.2 Å². The fourth-order valence-electron chi connectivity index (χ4n) is 3.36. The van der Waals surface area contributed by atoms with E-state index in [9.17, 15) is 18.0 Å². The standard InChI is InChI=1S/C19H18F3NO4/c1-25-15-8-12-6-7-23(11-24)18(17(12)16(10-15)26-2)13-4-3-5-14(9-13)27-19(20,21)22/h3-5,8-11,18H,6-7H2,1-2H3. The molecule has 0 aromatic heterocycles. The molecule has 0 fully saturated rings. The third-order valence-electron chi connectivity index (χ3n) is 4.44. The van der Waals surface area contributed by atoms with Crippen LogP contribution in [0, 0.1) is 0 Å². The van der Waals surface area contributed by atoms with E-state index in [1.54, 1.807) is 12.1 Å². The van der Waals surface area contributed by atoms with Crippen molar-refractivity contribution in [2.45, 2.75) is 18.8 Å². The summed E-state index contributed by atoms with van der Waals surface area (Å²) in [6.07, 6.45) is -3.52. The quantitative estimate of drug-likeness (QED) is 0.741. The zero-order chi connectivity index (χ0) is 19.6. The second kappa shape index (κ2) is 7.38. The summed E-state index contributed by atoms with van der Waals surface area (Å²) in [6, 6.07) is 8.57. The molecular formula is C19H18F3NO4. The number of hydrogen-bond donors (Lipinski definition) is 0. The first-order valence-electron chi connectivity index (χ1n) is 8.18. The Kier molecular flexibility index (Phi) is 5.16. The lowest BCUT2D eigenvalue weighted by molar-refractivity contribution is -0.274. The number of alkyl halides is 3. The molecule has 144 valence electrons. The molecule has 3 rings (SSSR count). The van der Waals surface area contributed by atoms with Crippen LogP contribution in [0.2, 0.25) is 0 Å². The highest BCUT2D eigenvalue weighted by Gasteiger charge is 2.34. The fraction of sp³-hybridized carbons (Fsp3) is 0.316. The van der Waals surface area contributed by atoms with Gasteiger partial charge in [0.15, 0.2) is 0 Å². The molecule has 2 aromatic rings. The fourth-order valence-corrected chi connectivity index (χ4v) is 3.36. The SMILES string of the molecule is COc1cc2c(c(OC)c1)C(c1cccc(OC(F)(F)F)c1)N(C=O)CC2. The van der Waals surface area contributed by atoms with E-state index in [2.05, 4.69) is 4.74 Å². The van der Waals surface area contributed by atoms with Crippen molar-refractivity contribution in [1.82, 2.24) is 4.90 Å². The second-order valence-electron chi connectivity index (χ2n) is 6.02. The van der Waals surface area contributed by atoms with E-state index in [0.29, 0.717) is 36.4 Å². The zero-order valence-corrected chi connectivity index (χ0v) is 14.7. The molecule has 1 aliphatic heterocycles. The number of benzene rings is 2. The van der Waals surface area contributed by atoms with Gasteiger partial charge in [-0.05, 0) is 35.7 Å². The molecule has 1 heterocycles. The molecule has 0 aliphatic carbocycles. The minimum atomic E-state index is -4.79. The van der Waals surface area contributed by atoms with Crippen molar-refractivity contribution in [3.05, 3.63) is 53.1 Å². The lowest BCUT2D eigenvalue weighted by atomic mass is 9.87. The molecule has 0 bridgehead atoms. The van der Waals surface area contributed by atoms with Gasteiger partial charge in [-0.15, -0.1) is 13.2 Å². The highest BCUT2D eigenvalue weighted by atomic mass is 19.4. The Morgan fingerprint density at radius 3 is 2.52 bits per heavy atom. The number of ether oxygens (including phenoxy) is 3. The maximum atomic E-state index is 12.6. The number of fused-ring (bicyclic) bond motifs is 1. The van der Waals surface area contributed by atoms with E-state index in [1.165, 1.54) is 37.3 Å². The Labute approximate surface area is 154 Å². The number of rotatable bonds is 5. The molecule has 1 aliphatic rings. The van der Waals surface area contributed by atoms with Gasteiger partial charge in [0.2, 0.25) is 6.41 Å². The molecule has 0 N–H and O–H groups in total. The van der Waals surface area contributed by atoms with Gasteiger partial charge in [0.05, 0.1) is 20.3 Å². The summed E-state index contributed by atoms with van der Waals surface area (Å²) >= 11 is 0. The molecule has 0 saturated carbocycles. The largest absolute Gasteiger partial charge is 0.573 e. The van der Waals surface area contributed by atoms with Crippen LogP contribution in [-0.2, 0) is 11.2 Å². The van der Waals surface area contributed by atoms with Crippen LogP contribution in [-0.4, -0.2) is 38.4 Å². The molecule has 0 spiro atoms. The van der Waals surface area contributed by atoms with Gasteiger partial charge in [-0.25, -0.2) is 0 Å². The summed E-state index contributed by atoms with van der Waals surface area (Å²) in [5, 5.41) is 0. The van der Waals surface area contributed by atoms with E-state index in [1.807, 2.05) is 6.07 Å². The summed E-state index contributed by atoms with van der Waals surface area (Å²) in [7, 11) is 3.03. The third-order valence-corrected chi connectivity index (χ3v) is 4.44. The number of halogens is 3. The molecule has 1 amide bonds. The van der Waals surface area contributed by atoms with E-state index < -0.39 is 12.4 Å². The van der Waals surface area contributed by atoms with Crippen molar-refractivity contribution in [3.63, 3.8) is 0 Å². The lowest BCUT2D eigenvalue weighted by Crippen LogP contribution is -2.35. The van der Waals surface area contributed by atoms with Crippen LogP contribution in [0.4, 0.5) is 13.2 Å². The monoisotopic (exact) mass is 381 g/mol. The van der Waals surface area contributed by atoms with Gasteiger partial charge in [-0.1, -0.05) is 12.1 Å². The maximum Gasteiger partial charge on any atom is 0.573 e. The molecule has 1 atom stereocenters. The average molecular weight is 381 g/mol. The van der Waals surface area contributed by atoms with Crippen molar-refractivity contribution in [2.75, 3.05) is 20.8 Å². The van der Waals surface area contributed by atoms with Crippen LogP contribution in [0.15, 0.2) is 36.4 Å². The molecular weight excluding hydrogens is 363 g/mol. The van der Waals surface area contributed by atoms with Crippen molar-refractivity contribution in [1.29, 1.82) is 0 Å². The normalized spacial score (nSPS) is 16.5. The summed E-state index contributed by atoms with van der Waals surface area (Å²) in [5.41, 5.74) is 2.13. The van der Waals surface area contributed by atoms with E-state index in [-0.39, 0.29) is 5.75 Å². The maximum absolute atomic E-state index is 12.6. The number of nitrogens with zero attached hydrogens (tertiary/aromatic N) is 1. The second-order valence-corrected chi connectivity index (χ2v) is 6.02. The molecule has 0 saturated heterocycles. The topological polar surface area (TPSA) is 48.0 Å². The van der Waals surface area contributed by atoms with E-state index in [4.69, 9.17) is 9.47 Å². The van der Waals surface area contributed by atoms with Crippen LogP contribution in [0.1, 0.15) is 22.7 Å². The lowest BCUT2D eigenvalue weighted by Gasteiger charge is -2.36. The first-order chi connectivity index (χ1) is 12.9. The molecule has 1 unspecified atom stereocenters. The minimum Gasteiger partial charge on any atom is -0.497 e. The predicted molar refractivity (Wildman–Crippen MR) is 91.0 cm³/mol. The molecule has 27 heavy (non-hydrogen) atoms. The van der Waals surface area contributed by atoms with Crippen molar-refractivity contribution in [3.8, 4) is 17.2 Å². The number of carbonyl (C=O) groups is 1. The summed E-state index contributed by atoms with van der Waals surface area (Å²) in [6.45, 7) is 0.418. The summed E-state index contributed by atoms with van der Waals surface area (Å²) in [4.78, 5) is 13.2. The molecule has 8 heteroatoms. The third kappa shape index (κ3) is 3.94. The first-order valence-corrected chi connectivity index (χ1v) is 8.18. The van der Waals surface area contributed by atoms with Crippen LogP contribution in [0.3, 0.4) is 0 Å². The smallest absolute Gasteiger partial charge is 0.497 e. The first kappa shape index (κ1) is 18.9. The highest BCUT2D eigenvalue weighted by Crippen LogP contribution is 2.43. The highest BCUT2D eigenvalue weighted by molar-refractivity contribution is 5.59. The Bertz CT molecular complexity index is 821. The predicted octanol–water partition coefficient (Wildman–Crippen LogP) is 3.71. The Morgan fingerprint density at radius 2 is 1.89 bits per heavy atom. The van der Waals surface area contributed by atoms with Gasteiger partial charge in [-0.3, -0.25) is 4.79 Å². The summed E-state index contributed by atoms with van der Waals surface area (Å²) in [5.74, 6) is 0.770. The Balaban J connectivity index is 2.12. The Morgan fingerprint density at radius 1 is 1.11 bits per heavy atom. The van der Waals surface area contributed by atoms with Crippen molar-refractivity contribution >= 4 is 6.41 Å². The number of hydrogen-bond acceptors (Lipinski definition) is 4. The minimum absolute atomic E-state index is 0.342. The van der Waals surface area contributed by atoms with E-state index in [0.717, 1.165) is 11.1 Å². The van der Waals surface area contributed by atoms with Gasteiger partial charge in [0.1, 0.15) is 17.2 Å². The Hall–Kier alpha value is -2.90. The van der Waals surface area contributed by atoms with Gasteiger partial charge >= 0.3 is 6.36 Å². The average Bonchev–Trinajstić information content (AvgIpc) is 2.64. The van der Waals surface area contributed by atoms with Crippen molar-refractivity contribution in [2.24, 2.45) is 0 Å². The van der Waals surface area contributed by atoms with Gasteiger partial charge in [0, 0.05) is 18.2 Å². The van der Waals surface area contributed by atoms with E-state index >= 15 is 0 Å². The van der Waals surface area contributed by atoms with Crippen LogP contribution >= 0.6 is 0 Å². The number of methoxy groups -OCH3 is 2. The number of amides is 1. The van der Waals surface area contributed by atoms with Crippen LogP contribution in [0.5, 0.6) is 17.2 Å². The molecule has 5 nitrogen and oxygen atoms in total.